The molecule has 1 aliphatic rings. The molecule has 1 aromatic rings. The first kappa shape index (κ1) is 26.5. The number of benzene rings is 1. The van der Waals surface area contributed by atoms with E-state index in [2.05, 4.69) is 5.32 Å². The predicted octanol–water partition coefficient (Wildman–Crippen LogP) is 5.17. The maximum Gasteiger partial charge on any atom is 0.337 e. The molecule has 1 aromatic carbocycles. The number of dihydropyridines is 1. The predicted molar refractivity (Wildman–Crippen MR) is 116 cm³/mol. The summed E-state index contributed by atoms with van der Waals surface area (Å²) in [5.41, 5.74) is 0.359. The first-order valence-electron chi connectivity index (χ1n) is 9.99. The Morgan fingerprint density at radius 2 is 1.58 bits per heavy atom. The van der Waals surface area contributed by atoms with Gasteiger partial charge in [0.1, 0.15) is 11.9 Å². The van der Waals surface area contributed by atoms with Crippen molar-refractivity contribution in [3.05, 3.63) is 57.9 Å². The summed E-state index contributed by atoms with van der Waals surface area (Å²) in [6.45, 7) is 14.5. The maximum absolute atomic E-state index is 14.4. The van der Waals surface area contributed by atoms with Gasteiger partial charge in [-0.25, -0.2) is 13.6 Å². The highest BCUT2D eigenvalue weighted by Crippen LogP contribution is 2.39. The molecule has 0 amide bonds. The van der Waals surface area contributed by atoms with Crippen LogP contribution in [0.4, 0.5) is 8.78 Å². The number of esters is 1. The molecule has 2 rings (SSSR count). The second kappa shape index (κ2) is 10.2. The Kier molecular flexibility index (Phi) is 8.70. The number of carbonyl (C=O) groups is 2. The van der Waals surface area contributed by atoms with Crippen molar-refractivity contribution in [2.45, 2.75) is 72.5 Å². The molecule has 1 aliphatic heterocycles. The normalized spacial score (nSPS) is 16.9. The van der Waals surface area contributed by atoms with Gasteiger partial charge in [-0.05, 0) is 61.5 Å². The molecule has 31 heavy (non-hydrogen) atoms. The van der Waals surface area contributed by atoms with Crippen LogP contribution in [-0.2, 0) is 19.1 Å². The largest absolute Gasteiger partial charge is 0.457 e. The Morgan fingerprint density at radius 3 is 2.03 bits per heavy atom. The molecule has 5 nitrogen and oxygen atoms in total. The van der Waals surface area contributed by atoms with E-state index in [4.69, 9.17) is 9.47 Å². The summed E-state index contributed by atoms with van der Waals surface area (Å²) in [5, 5.41) is 2.94. The monoisotopic (exact) mass is 437 g/mol. The zero-order chi connectivity index (χ0) is 24.1. The number of hydrogen-bond donors (Lipinski definition) is 1. The molecule has 0 aliphatic carbocycles. The Labute approximate surface area is 183 Å². The van der Waals surface area contributed by atoms with Gasteiger partial charge in [-0.1, -0.05) is 12.1 Å². The average molecular weight is 438 g/mol. The quantitative estimate of drug-likeness (QED) is 0.522. The van der Waals surface area contributed by atoms with Crippen LogP contribution in [-0.4, -0.2) is 30.6 Å². The number of allylic oxidation sites excluding steroid dienone is 3. The fourth-order valence-electron chi connectivity index (χ4n) is 2.84. The van der Waals surface area contributed by atoms with Crippen LogP contribution < -0.4 is 5.32 Å². The van der Waals surface area contributed by atoms with Gasteiger partial charge in [-0.15, -0.1) is 0 Å². The fourth-order valence-corrected chi connectivity index (χ4v) is 2.84. The Hall–Kier alpha value is -2.54. The zero-order valence-electron chi connectivity index (χ0n) is 19.8. The highest BCUT2D eigenvalue weighted by atomic mass is 19.2. The van der Waals surface area contributed by atoms with E-state index >= 15 is 0 Å². The van der Waals surface area contributed by atoms with Gasteiger partial charge in [-0.3, -0.25) is 4.79 Å². The second-order valence-electron chi connectivity index (χ2n) is 9.26. The first-order chi connectivity index (χ1) is 14.1. The molecule has 1 N–H and O–H groups in total. The van der Waals surface area contributed by atoms with Crippen LogP contribution in [0.15, 0.2) is 40.7 Å². The lowest BCUT2D eigenvalue weighted by Crippen LogP contribution is -2.33. The second-order valence-corrected chi connectivity index (χ2v) is 9.26. The highest BCUT2D eigenvalue weighted by molar-refractivity contribution is 5.96. The molecule has 172 valence electrons. The molecule has 0 aromatic heterocycles. The molecule has 1 atom stereocenters. The minimum absolute atomic E-state index is 0.0417. The lowest BCUT2D eigenvalue weighted by molar-refractivity contribution is -0.150. The van der Waals surface area contributed by atoms with E-state index in [0.717, 1.165) is 6.07 Å². The van der Waals surface area contributed by atoms with Crippen molar-refractivity contribution in [2.75, 3.05) is 7.11 Å². The van der Waals surface area contributed by atoms with E-state index in [0.29, 0.717) is 17.7 Å². The van der Waals surface area contributed by atoms with Crippen LogP contribution in [0.5, 0.6) is 0 Å². The van der Waals surface area contributed by atoms with Gasteiger partial charge in [-0.2, -0.15) is 0 Å². The molecule has 0 fully saturated rings. The number of methoxy groups -OCH3 is 1. The molecule has 1 heterocycles. The van der Waals surface area contributed by atoms with Gasteiger partial charge < -0.3 is 14.8 Å². The van der Waals surface area contributed by atoms with E-state index in [1.165, 1.54) is 12.1 Å². The maximum atomic E-state index is 14.4. The van der Waals surface area contributed by atoms with E-state index in [9.17, 15) is 18.4 Å². The fraction of sp³-hybridized carbons (Fsp3) is 0.500. The summed E-state index contributed by atoms with van der Waals surface area (Å²) in [4.78, 5) is 24.3. The standard InChI is InChI=1S/C19H21F2NO3.C5H12O/c1-10-13(9-23)16(12-7-6-8-14(20)17(12)21)15(11(2)22-10)18(24)25-19(3,4)5;1-5(2,3)6-4/h6-9,16,22H,1-5H3;1-4H3. The highest BCUT2D eigenvalue weighted by Gasteiger charge is 2.37. The smallest absolute Gasteiger partial charge is 0.337 e. The molecule has 0 bridgehead atoms. The number of aldehydes is 1. The van der Waals surface area contributed by atoms with E-state index < -0.39 is 29.1 Å². The SMILES string of the molecule is CC1=C(C=O)C(c2cccc(F)c2F)C(C(=O)OC(C)(C)C)=C(C)N1.COC(C)(C)C. The Morgan fingerprint density at radius 1 is 1.03 bits per heavy atom. The first-order valence-corrected chi connectivity index (χ1v) is 9.99. The summed E-state index contributed by atoms with van der Waals surface area (Å²) in [6.07, 6.45) is 0.550. The van der Waals surface area contributed by atoms with Gasteiger partial charge in [0.15, 0.2) is 11.6 Å². The molecule has 0 saturated heterocycles. The van der Waals surface area contributed by atoms with E-state index in [-0.39, 0.29) is 22.3 Å². The van der Waals surface area contributed by atoms with Crippen LogP contribution in [0.3, 0.4) is 0 Å². The van der Waals surface area contributed by atoms with Gasteiger partial charge >= 0.3 is 5.97 Å². The van der Waals surface area contributed by atoms with Crippen molar-refractivity contribution < 1.29 is 27.8 Å². The topological polar surface area (TPSA) is 64.6 Å². The minimum Gasteiger partial charge on any atom is -0.457 e. The van der Waals surface area contributed by atoms with Crippen LogP contribution >= 0.6 is 0 Å². The third-order valence-electron chi connectivity index (χ3n) is 4.46. The molecular weight excluding hydrogens is 404 g/mol. The third-order valence-corrected chi connectivity index (χ3v) is 4.46. The lowest BCUT2D eigenvalue weighted by atomic mass is 9.80. The number of hydrogen-bond acceptors (Lipinski definition) is 5. The number of carbonyl (C=O) groups excluding carboxylic acids is 2. The van der Waals surface area contributed by atoms with Crippen molar-refractivity contribution >= 4 is 12.3 Å². The van der Waals surface area contributed by atoms with E-state index in [1.54, 1.807) is 41.7 Å². The molecular formula is C24H33F2NO4. The van der Waals surface area contributed by atoms with Gasteiger partial charge in [0.05, 0.1) is 17.1 Å². The Balaban J connectivity index is 0.000000703. The van der Waals surface area contributed by atoms with Crippen LogP contribution in [0, 0.1) is 11.6 Å². The number of ether oxygens (including phenoxy) is 2. The minimum atomic E-state index is -1.09. The number of halogens is 2. The van der Waals surface area contributed by atoms with Crippen LogP contribution in [0.25, 0.3) is 0 Å². The average Bonchev–Trinajstić information content (AvgIpc) is 2.62. The van der Waals surface area contributed by atoms with E-state index in [1.807, 2.05) is 20.8 Å². The van der Waals surface area contributed by atoms with Crippen LogP contribution in [0.1, 0.15) is 66.9 Å². The van der Waals surface area contributed by atoms with Gasteiger partial charge in [0.25, 0.3) is 0 Å². The summed E-state index contributed by atoms with van der Waals surface area (Å²) in [7, 11) is 1.71. The summed E-state index contributed by atoms with van der Waals surface area (Å²) in [5.74, 6) is -3.85. The van der Waals surface area contributed by atoms with Crippen molar-refractivity contribution in [1.82, 2.24) is 5.32 Å². The van der Waals surface area contributed by atoms with Crippen molar-refractivity contribution in [2.24, 2.45) is 0 Å². The molecule has 0 saturated carbocycles. The number of nitrogens with one attached hydrogen (secondary N) is 1. The van der Waals surface area contributed by atoms with Crippen LogP contribution in [0.2, 0.25) is 0 Å². The van der Waals surface area contributed by atoms with Crippen molar-refractivity contribution in [1.29, 1.82) is 0 Å². The third kappa shape index (κ3) is 7.28. The van der Waals surface area contributed by atoms with Crippen molar-refractivity contribution in [3.63, 3.8) is 0 Å². The summed E-state index contributed by atoms with van der Waals surface area (Å²) >= 11 is 0. The van der Waals surface area contributed by atoms with Gasteiger partial charge in [0.2, 0.25) is 0 Å². The summed E-state index contributed by atoms with van der Waals surface area (Å²) < 4.78 is 38.5. The molecule has 0 spiro atoms. The molecule has 7 heteroatoms. The van der Waals surface area contributed by atoms with Crippen molar-refractivity contribution in [3.8, 4) is 0 Å². The molecule has 1 unspecified atom stereocenters. The Bertz CT molecular complexity index is 890. The number of rotatable bonds is 3. The van der Waals surface area contributed by atoms with Gasteiger partial charge in [0, 0.05) is 29.6 Å². The summed E-state index contributed by atoms with van der Waals surface area (Å²) in [6, 6.07) is 3.69. The molecule has 0 radical (unpaired) electrons. The lowest BCUT2D eigenvalue weighted by Gasteiger charge is -2.31. The zero-order valence-corrected chi connectivity index (χ0v) is 19.8.